The first kappa shape index (κ1) is 13.8. The predicted octanol–water partition coefficient (Wildman–Crippen LogP) is 2.67. The second-order valence-corrected chi connectivity index (χ2v) is 4.65. The molecule has 0 aliphatic rings. The molecule has 0 spiro atoms. The molecule has 0 aliphatic carbocycles. The fraction of sp³-hybridized carbons (Fsp3) is 0.143. The Bertz CT molecular complexity index is 808. The van der Waals surface area contributed by atoms with Gasteiger partial charge in [-0.25, -0.2) is 0 Å². The molecule has 3 aromatic heterocycles. The number of anilines is 3. The van der Waals surface area contributed by atoms with Crippen LogP contribution in [0, 0.1) is 13.8 Å². The highest BCUT2D eigenvalue weighted by Gasteiger charge is 2.11. The van der Waals surface area contributed by atoms with E-state index in [0.29, 0.717) is 28.8 Å². The lowest BCUT2D eigenvalue weighted by Crippen LogP contribution is -2.14. The molecule has 0 atom stereocenters. The zero-order valence-electron chi connectivity index (χ0n) is 12.0. The van der Waals surface area contributed by atoms with Crippen LogP contribution < -0.4 is 10.6 Å². The normalized spacial score (nSPS) is 10.5. The zero-order chi connectivity index (χ0) is 15.5. The molecule has 0 saturated carbocycles. The van der Waals surface area contributed by atoms with Crippen LogP contribution in [0.5, 0.6) is 0 Å². The SMILES string of the molecule is Cc1cc(NC(=O)c2cc(Nc3cc(C)on3)ccn2)no1. The maximum Gasteiger partial charge on any atom is 0.275 e. The van der Waals surface area contributed by atoms with E-state index < -0.39 is 0 Å². The summed E-state index contributed by atoms with van der Waals surface area (Å²) in [5.74, 6) is 1.82. The molecule has 1 amide bonds. The van der Waals surface area contributed by atoms with E-state index in [1.165, 1.54) is 6.20 Å². The first-order chi connectivity index (χ1) is 10.6. The predicted molar refractivity (Wildman–Crippen MR) is 78.0 cm³/mol. The fourth-order valence-electron chi connectivity index (χ4n) is 1.81. The number of hydrogen-bond donors (Lipinski definition) is 2. The summed E-state index contributed by atoms with van der Waals surface area (Å²) >= 11 is 0. The molecule has 8 nitrogen and oxygen atoms in total. The van der Waals surface area contributed by atoms with E-state index in [-0.39, 0.29) is 11.6 Å². The number of carbonyl (C=O) groups excluding carboxylic acids is 1. The van der Waals surface area contributed by atoms with Crippen LogP contribution in [0.25, 0.3) is 0 Å². The van der Waals surface area contributed by atoms with Gasteiger partial charge in [-0.15, -0.1) is 0 Å². The van der Waals surface area contributed by atoms with Crippen molar-refractivity contribution in [3.63, 3.8) is 0 Å². The Morgan fingerprint density at radius 1 is 1.05 bits per heavy atom. The van der Waals surface area contributed by atoms with Gasteiger partial charge in [-0.3, -0.25) is 9.78 Å². The molecule has 22 heavy (non-hydrogen) atoms. The largest absolute Gasteiger partial charge is 0.360 e. The maximum absolute atomic E-state index is 12.1. The second-order valence-electron chi connectivity index (χ2n) is 4.65. The van der Waals surface area contributed by atoms with E-state index in [0.717, 1.165) is 0 Å². The van der Waals surface area contributed by atoms with Crippen LogP contribution in [0.4, 0.5) is 17.3 Å². The molecule has 0 aromatic carbocycles. The minimum atomic E-state index is -0.381. The molecule has 8 heteroatoms. The van der Waals surface area contributed by atoms with Crippen molar-refractivity contribution in [1.29, 1.82) is 0 Å². The minimum Gasteiger partial charge on any atom is -0.360 e. The third-order valence-corrected chi connectivity index (χ3v) is 2.76. The maximum atomic E-state index is 12.1. The number of hydrogen-bond acceptors (Lipinski definition) is 7. The van der Waals surface area contributed by atoms with Gasteiger partial charge in [0.1, 0.15) is 17.2 Å². The number of amides is 1. The minimum absolute atomic E-state index is 0.242. The van der Waals surface area contributed by atoms with Crippen LogP contribution in [0.2, 0.25) is 0 Å². The summed E-state index contributed by atoms with van der Waals surface area (Å²) in [7, 11) is 0. The quantitative estimate of drug-likeness (QED) is 0.762. The Kier molecular flexibility index (Phi) is 3.57. The van der Waals surface area contributed by atoms with Gasteiger partial charge in [0, 0.05) is 24.0 Å². The standard InChI is InChI=1S/C14H13N5O3/c1-8-5-12(18-21-8)16-10-3-4-15-11(7-10)14(20)17-13-6-9(2)22-19-13/h3-7H,1-2H3,(H,15,16,18)(H,17,19,20). The summed E-state index contributed by atoms with van der Waals surface area (Å²) < 4.78 is 9.86. The van der Waals surface area contributed by atoms with E-state index in [9.17, 15) is 4.79 Å². The fourth-order valence-corrected chi connectivity index (χ4v) is 1.81. The highest BCUT2D eigenvalue weighted by atomic mass is 16.5. The van der Waals surface area contributed by atoms with Crippen LogP contribution in [-0.2, 0) is 0 Å². The van der Waals surface area contributed by atoms with Crippen LogP contribution in [0.1, 0.15) is 22.0 Å². The molecular formula is C14H13N5O3. The van der Waals surface area contributed by atoms with E-state index in [1.807, 2.05) is 0 Å². The van der Waals surface area contributed by atoms with Gasteiger partial charge in [-0.05, 0) is 26.0 Å². The number of carbonyl (C=O) groups is 1. The first-order valence-electron chi connectivity index (χ1n) is 6.51. The van der Waals surface area contributed by atoms with Crippen LogP contribution in [0.3, 0.4) is 0 Å². The number of aryl methyl sites for hydroxylation is 2. The molecule has 3 aromatic rings. The first-order valence-corrected chi connectivity index (χ1v) is 6.51. The third-order valence-electron chi connectivity index (χ3n) is 2.76. The van der Waals surface area contributed by atoms with Crippen molar-refractivity contribution in [3.05, 3.63) is 47.7 Å². The lowest BCUT2D eigenvalue weighted by molar-refractivity contribution is 0.102. The van der Waals surface area contributed by atoms with E-state index >= 15 is 0 Å². The molecule has 0 aliphatic heterocycles. The number of rotatable bonds is 4. The van der Waals surface area contributed by atoms with Crippen molar-refractivity contribution in [2.75, 3.05) is 10.6 Å². The number of nitrogens with one attached hydrogen (secondary N) is 2. The van der Waals surface area contributed by atoms with Crippen LogP contribution >= 0.6 is 0 Å². The molecule has 0 unspecified atom stereocenters. The molecule has 0 saturated heterocycles. The number of pyridine rings is 1. The highest BCUT2D eigenvalue weighted by Crippen LogP contribution is 2.17. The molecule has 3 heterocycles. The van der Waals surface area contributed by atoms with Crippen LogP contribution in [0.15, 0.2) is 39.5 Å². The topological polar surface area (TPSA) is 106 Å². The van der Waals surface area contributed by atoms with Gasteiger partial charge in [0.25, 0.3) is 5.91 Å². The summed E-state index contributed by atoms with van der Waals surface area (Å²) in [6, 6.07) is 6.70. The Morgan fingerprint density at radius 3 is 2.36 bits per heavy atom. The number of nitrogens with zero attached hydrogens (tertiary/aromatic N) is 3. The molecule has 0 bridgehead atoms. The molecular weight excluding hydrogens is 286 g/mol. The zero-order valence-corrected chi connectivity index (χ0v) is 12.0. The van der Waals surface area contributed by atoms with E-state index in [4.69, 9.17) is 9.05 Å². The summed E-state index contributed by atoms with van der Waals surface area (Å²) in [5, 5.41) is 13.2. The van der Waals surface area contributed by atoms with Crippen molar-refractivity contribution in [3.8, 4) is 0 Å². The molecule has 0 radical (unpaired) electrons. The van der Waals surface area contributed by atoms with Crippen LogP contribution in [-0.4, -0.2) is 21.2 Å². The van der Waals surface area contributed by atoms with Crippen molar-refractivity contribution in [1.82, 2.24) is 15.3 Å². The second kappa shape index (κ2) is 5.68. The van der Waals surface area contributed by atoms with Gasteiger partial charge >= 0.3 is 0 Å². The summed E-state index contributed by atoms with van der Waals surface area (Å²) in [6.07, 6.45) is 1.53. The monoisotopic (exact) mass is 299 g/mol. The molecule has 0 fully saturated rings. The van der Waals surface area contributed by atoms with Gasteiger partial charge in [0.15, 0.2) is 11.6 Å². The van der Waals surface area contributed by atoms with E-state index in [1.54, 1.807) is 38.1 Å². The lowest BCUT2D eigenvalue weighted by atomic mass is 10.3. The van der Waals surface area contributed by atoms with Gasteiger partial charge in [-0.1, -0.05) is 10.3 Å². The van der Waals surface area contributed by atoms with Crippen molar-refractivity contribution < 1.29 is 13.8 Å². The Hall–Kier alpha value is -3.16. The van der Waals surface area contributed by atoms with Crippen molar-refractivity contribution in [2.45, 2.75) is 13.8 Å². The summed E-state index contributed by atoms with van der Waals surface area (Å²) in [5.41, 5.74) is 0.913. The van der Waals surface area contributed by atoms with Gasteiger partial charge < -0.3 is 19.7 Å². The average Bonchev–Trinajstić information content (AvgIpc) is 3.08. The lowest BCUT2D eigenvalue weighted by Gasteiger charge is -2.04. The average molecular weight is 299 g/mol. The molecule has 3 rings (SSSR count). The summed E-state index contributed by atoms with van der Waals surface area (Å²) in [4.78, 5) is 16.1. The summed E-state index contributed by atoms with van der Waals surface area (Å²) in [6.45, 7) is 3.54. The molecule has 112 valence electrons. The van der Waals surface area contributed by atoms with Crippen molar-refractivity contribution in [2.24, 2.45) is 0 Å². The van der Waals surface area contributed by atoms with E-state index in [2.05, 4.69) is 25.9 Å². The Morgan fingerprint density at radius 2 is 1.73 bits per heavy atom. The highest BCUT2D eigenvalue weighted by molar-refractivity contribution is 6.02. The Labute approximate surface area is 125 Å². The van der Waals surface area contributed by atoms with Crippen molar-refractivity contribution >= 4 is 23.2 Å². The molecule has 2 N–H and O–H groups in total. The third kappa shape index (κ3) is 3.11. The van der Waals surface area contributed by atoms with Gasteiger partial charge in [-0.2, -0.15) is 0 Å². The number of aromatic nitrogens is 3. The smallest absolute Gasteiger partial charge is 0.275 e. The Balaban J connectivity index is 1.74. The van der Waals surface area contributed by atoms with Gasteiger partial charge in [0.05, 0.1) is 0 Å². The van der Waals surface area contributed by atoms with Gasteiger partial charge in [0.2, 0.25) is 0 Å².